The molecule has 1 rings (SSSR count). The molecular weight excluding hydrogens is 129 g/mol. The summed E-state index contributed by atoms with van der Waals surface area (Å²) in [5, 5.41) is 8.40. The molecule has 52 valence electrons. The second kappa shape index (κ2) is 3.01. The molecule has 1 N–H and O–H groups in total. The molecule has 1 aromatic heterocycles. The zero-order chi connectivity index (χ0) is 7.40. The SMILES string of the molecule is O=C(O)[BH2-][n+]1ccccc1. The fourth-order valence-electron chi connectivity index (χ4n) is 0.855. The van der Waals surface area contributed by atoms with Gasteiger partial charge in [-0.25, -0.2) is 0 Å². The van der Waals surface area contributed by atoms with Crippen LogP contribution in [0.1, 0.15) is 0 Å². The Balaban J connectivity index is 2.67. The van der Waals surface area contributed by atoms with E-state index in [2.05, 4.69) is 0 Å². The second-order valence-corrected chi connectivity index (χ2v) is 2.28. The lowest BCUT2D eigenvalue weighted by Gasteiger charge is -1.96. The average Bonchev–Trinajstić information content (AvgIpc) is 1.88. The number of rotatable bonds is 2. The van der Waals surface area contributed by atoms with Crippen molar-refractivity contribution < 1.29 is 14.4 Å². The van der Waals surface area contributed by atoms with Gasteiger partial charge in [-0.05, 0) is 12.1 Å². The number of carbonyl (C=O) groups is 1. The molecule has 0 radical (unpaired) electrons. The van der Waals surface area contributed by atoms with E-state index in [9.17, 15) is 4.79 Å². The summed E-state index contributed by atoms with van der Waals surface area (Å²) in [4.78, 5) is 10.2. The Kier molecular flexibility index (Phi) is 2.05. The fourth-order valence-corrected chi connectivity index (χ4v) is 0.855. The Labute approximate surface area is 59.2 Å². The summed E-state index contributed by atoms with van der Waals surface area (Å²) in [5.74, 6) is -0.698. The minimum Gasteiger partial charge on any atom is -0.508 e. The highest BCUT2D eigenvalue weighted by atomic mass is 16.4. The first-order valence-corrected chi connectivity index (χ1v) is 3.22. The Morgan fingerprint density at radius 1 is 1.30 bits per heavy atom. The third kappa shape index (κ3) is 1.89. The largest absolute Gasteiger partial charge is 0.508 e. The van der Waals surface area contributed by atoms with E-state index in [1.807, 2.05) is 18.2 Å². The third-order valence-corrected chi connectivity index (χ3v) is 1.31. The van der Waals surface area contributed by atoms with E-state index in [-0.39, 0.29) is 0 Å². The summed E-state index contributed by atoms with van der Waals surface area (Å²) in [6.07, 6.45) is 3.54. The molecule has 0 aliphatic rings. The van der Waals surface area contributed by atoms with Crippen LogP contribution in [0.5, 0.6) is 0 Å². The van der Waals surface area contributed by atoms with Gasteiger partial charge in [-0.2, -0.15) is 0 Å². The summed E-state index contributed by atoms with van der Waals surface area (Å²) in [6, 6.07) is 5.52. The van der Waals surface area contributed by atoms with E-state index in [4.69, 9.17) is 5.11 Å². The summed E-state index contributed by atoms with van der Waals surface area (Å²) in [5.41, 5.74) is 0. The molecule has 1 aromatic rings. The lowest BCUT2D eigenvalue weighted by atomic mass is 9.95. The van der Waals surface area contributed by atoms with Crippen molar-refractivity contribution in [1.82, 2.24) is 0 Å². The number of carboxylic acid groups (broad SMARTS) is 1. The van der Waals surface area contributed by atoms with Crippen LogP contribution in [0, 0.1) is 0 Å². The first-order chi connectivity index (χ1) is 4.79. The highest BCUT2D eigenvalue weighted by molar-refractivity contribution is 6.64. The molecule has 0 aromatic carbocycles. The quantitative estimate of drug-likeness (QED) is 0.562. The predicted octanol–water partition coefficient (Wildman–Crippen LogP) is -0.416. The normalized spacial score (nSPS) is 9.20. The Morgan fingerprint density at radius 3 is 2.40 bits per heavy atom. The number of hydrogen-bond donors (Lipinski definition) is 1. The fraction of sp³-hybridized carbons (Fsp3) is 0. The van der Waals surface area contributed by atoms with Crippen LogP contribution in [0.15, 0.2) is 30.6 Å². The average molecular weight is 137 g/mol. The van der Waals surface area contributed by atoms with Crippen LogP contribution >= 0.6 is 0 Å². The van der Waals surface area contributed by atoms with Gasteiger partial charge >= 0.3 is 7.41 Å². The number of hydrogen-bond acceptors (Lipinski definition) is 1. The lowest BCUT2D eigenvalue weighted by molar-refractivity contribution is -0.527. The minimum atomic E-state index is -1.03. The van der Waals surface area contributed by atoms with Crippen LogP contribution in [0.25, 0.3) is 0 Å². The van der Waals surface area contributed by atoms with Gasteiger partial charge < -0.3 is 9.58 Å². The third-order valence-electron chi connectivity index (χ3n) is 1.31. The molecule has 0 fully saturated rings. The van der Waals surface area contributed by atoms with E-state index in [0.717, 1.165) is 0 Å². The van der Waals surface area contributed by atoms with Crippen LogP contribution in [0.2, 0.25) is 0 Å². The maximum atomic E-state index is 10.2. The van der Waals surface area contributed by atoms with Crippen molar-refractivity contribution in [3.63, 3.8) is 0 Å². The van der Waals surface area contributed by atoms with E-state index in [1.54, 1.807) is 16.9 Å². The summed E-state index contributed by atoms with van der Waals surface area (Å²) < 4.78 is 1.72. The molecule has 0 bridgehead atoms. The van der Waals surface area contributed by atoms with Crippen LogP contribution in [-0.4, -0.2) is 18.4 Å². The van der Waals surface area contributed by atoms with E-state index >= 15 is 0 Å². The molecule has 10 heavy (non-hydrogen) atoms. The Bertz CT molecular complexity index is 224. The number of aromatic nitrogens is 1. The second-order valence-electron chi connectivity index (χ2n) is 2.28. The van der Waals surface area contributed by atoms with E-state index in [0.29, 0.717) is 0 Å². The molecule has 0 spiro atoms. The van der Waals surface area contributed by atoms with Crippen molar-refractivity contribution in [1.29, 1.82) is 0 Å². The van der Waals surface area contributed by atoms with E-state index in [1.165, 1.54) is 0 Å². The van der Waals surface area contributed by atoms with Gasteiger partial charge in [0.25, 0.3) is 0 Å². The molecule has 0 amide bonds. The van der Waals surface area contributed by atoms with Crippen molar-refractivity contribution in [2.24, 2.45) is 0 Å². The van der Waals surface area contributed by atoms with Gasteiger partial charge in [0.2, 0.25) is 5.87 Å². The van der Waals surface area contributed by atoms with Crippen molar-refractivity contribution in [2.45, 2.75) is 0 Å². The monoisotopic (exact) mass is 137 g/mol. The van der Waals surface area contributed by atoms with Gasteiger partial charge in [-0.1, -0.05) is 6.07 Å². The highest BCUT2D eigenvalue weighted by Crippen LogP contribution is 1.74. The van der Waals surface area contributed by atoms with Crippen molar-refractivity contribution in [3.05, 3.63) is 30.6 Å². The highest BCUT2D eigenvalue weighted by Gasteiger charge is 1.97. The molecule has 0 unspecified atom stereocenters. The minimum absolute atomic E-state index is 0.698. The Morgan fingerprint density at radius 2 is 1.90 bits per heavy atom. The van der Waals surface area contributed by atoms with Crippen LogP contribution in [0.3, 0.4) is 0 Å². The van der Waals surface area contributed by atoms with Crippen molar-refractivity contribution in [3.8, 4) is 0 Å². The zero-order valence-corrected chi connectivity index (χ0v) is 5.69. The molecular formula is C6H8BNO2. The maximum absolute atomic E-state index is 10.2. The molecule has 0 aliphatic carbocycles. The first kappa shape index (κ1) is 6.80. The zero-order valence-electron chi connectivity index (χ0n) is 5.69. The maximum Gasteiger partial charge on any atom is 0.359 e. The number of nitrogens with zero attached hydrogens (tertiary/aromatic N) is 1. The van der Waals surface area contributed by atoms with E-state index < -0.39 is 13.3 Å². The van der Waals surface area contributed by atoms with Gasteiger partial charge in [-0.3, -0.25) is 4.79 Å². The molecule has 1 heterocycles. The summed E-state index contributed by atoms with van der Waals surface area (Å²) in [7, 11) is -1.03. The molecule has 4 heteroatoms. The molecule has 0 saturated heterocycles. The summed E-state index contributed by atoms with van der Waals surface area (Å²) in [6.45, 7) is 0. The smallest absolute Gasteiger partial charge is 0.359 e. The van der Waals surface area contributed by atoms with Crippen molar-refractivity contribution in [2.75, 3.05) is 0 Å². The van der Waals surface area contributed by atoms with Crippen molar-refractivity contribution >= 4 is 13.3 Å². The standard InChI is InChI=1S/C6H8BNO2/c9-6(10)7-8-4-2-1-3-5-8/h1-5H,7H2,(H,9,10). The molecule has 3 nitrogen and oxygen atoms in total. The van der Waals surface area contributed by atoms with Gasteiger partial charge in [0.15, 0.2) is 0 Å². The van der Waals surface area contributed by atoms with Gasteiger partial charge in [-0.15, -0.1) is 0 Å². The van der Waals surface area contributed by atoms with Crippen LogP contribution in [-0.2, 0) is 0 Å². The van der Waals surface area contributed by atoms with Gasteiger partial charge in [0.1, 0.15) is 12.4 Å². The van der Waals surface area contributed by atoms with Crippen LogP contribution in [0.4, 0.5) is 4.79 Å². The lowest BCUT2D eigenvalue weighted by Crippen LogP contribution is -2.43. The summed E-state index contributed by atoms with van der Waals surface area (Å²) >= 11 is 0. The molecule has 0 saturated carbocycles. The predicted molar refractivity (Wildman–Crippen MR) is 38.6 cm³/mol. The van der Waals surface area contributed by atoms with Gasteiger partial charge in [0.05, 0.1) is 0 Å². The molecule has 0 atom stereocenters. The van der Waals surface area contributed by atoms with Crippen LogP contribution < -0.4 is 4.48 Å². The molecule has 0 aliphatic heterocycles. The number of pyridine rings is 1. The Hall–Kier alpha value is -1.32. The topological polar surface area (TPSA) is 41.2 Å². The first-order valence-electron chi connectivity index (χ1n) is 3.22. The van der Waals surface area contributed by atoms with Gasteiger partial charge in [0, 0.05) is 0 Å².